The van der Waals surface area contributed by atoms with Crippen LogP contribution in [0.4, 0.5) is 0 Å². The average molecular weight is 479 g/mol. The molecule has 0 saturated carbocycles. The fraction of sp³-hybridized carbons (Fsp3) is 0.267. The minimum absolute atomic E-state index is 0.0685. The maximum absolute atomic E-state index is 13.6. The normalized spacial score (nSPS) is 15.9. The molecule has 0 unspecified atom stereocenters. The zero-order chi connectivity index (χ0) is 24.5. The highest BCUT2D eigenvalue weighted by Gasteiger charge is 2.28. The molecule has 6 heteroatoms. The third-order valence-electron chi connectivity index (χ3n) is 7.43. The Morgan fingerprint density at radius 1 is 0.694 bits per heavy atom. The van der Waals surface area contributed by atoms with Gasteiger partial charge in [0.15, 0.2) is 0 Å². The molecule has 0 bridgehead atoms. The number of nitrogens with zero attached hydrogens (tertiary/aromatic N) is 4. The number of hydrogen-bond acceptors (Lipinski definition) is 3. The highest BCUT2D eigenvalue weighted by atomic mass is 16.2. The smallest absolute Gasteiger partial charge is 0.256 e. The van der Waals surface area contributed by atoms with E-state index in [1.165, 1.54) is 16.7 Å². The van der Waals surface area contributed by atoms with Crippen LogP contribution in [0, 0.1) is 0 Å². The molecule has 3 aromatic carbocycles. The van der Waals surface area contributed by atoms with Gasteiger partial charge in [0.05, 0.1) is 12.1 Å². The Labute approximate surface area is 211 Å². The summed E-state index contributed by atoms with van der Waals surface area (Å²) in [5.41, 5.74) is 5.51. The fourth-order valence-electron chi connectivity index (χ4n) is 5.41. The van der Waals surface area contributed by atoms with E-state index in [-0.39, 0.29) is 11.8 Å². The molecular weight excluding hydrogens is 448 g/mol. The van der Waals surface area contributed by atoms with Gasteiger partial charge in [-0.1, -0.05) is 72.8 Å². The molecule has 1 fully saturated rings. The Hall–Kier alpha value is -3.90. The van der Waals surface area contributed by atoms with Gasteiger partial charge in [-0.3, -0.25) is 14.5 Å². The lowest BCUT2D eigenvalue weighted by Gasteiger charge is -2.35. The van der Waals surface area contributed by atoms with Gasteiger partial charge < -0.3 is 14.4 Å². The number of carbonyl (C=O) groups is 2. The van der Waals surface area contributed by atoms with E-state index in [1.54, 1.807) is 0 Å². The maximum Gasteiger partial charge on any atom is 0.256 e. The molecule has 0 aliphatic carbocycles. The number of amides is 2. The third kappa shape index (κ3) is 4.40. The van der Waals surface area contributed by atoms with Gasteiger partial charge in [-0.05, 0) is 22.8 Å². The molecular formula is C30H30N4O2. The van der Waals surface area contributed by atoms with Crippen LogP contribution in [-0.2, 0) is 24.4 Å². The standard InChI is InChI=1S/C30H30N4O2/c35-29(34-19-24-10-4-5-11-25(24)20-34)22-31-14-16-32(17-15-31)30(36)27-21-33(18-23-8-2-1-3-9-23)28-13-7-6-12-26(27)28/h1-13,21H,14-20,22H2. The monoisotopic (exact) mass is 478 g/mol. The first-order chi connectivity index (χ1) is 17.7. The van der Waals surface area contributed by atoms with Crippen molar-refractivity contribution in [1.29, 1.82) is 0 Å². The number of carbonyl (C=O) groups excluding carboxylic acids is 2. The Morgan fingerprint density at radius 2 is 1.33 bits per heavy atom. The molecule has 0 spiro atoms. The van der Waals surface area contributed by atoms with Gasteiger partial charge in [0.1, 0.15) is 0 Å². The first kappa shape index (κ1) is 22.6. The highest BCUT2D eigenvalue weighted by molar-refractivity contribution is 6.07. The second kappa shape index (κ2) is 9.63. The fourth-order valence-corrected chi connectivity index (χ4v) is 5.41. The lowest BCUT2D eigenvalue weighted by molar-refractivity contribution is -0.133. The predicted molar refractivity (Wildman–Crippen MR) is 141 cm³/mol. The summed E-state index contributed by atoms with van der Waals surface area (Å²) >= 11 is 0. The number of rotatable bonds is 5. The summed E-state index contributed by atoms with van der Waals surface area (Å²) in [6.45, 7) is 5.20. The maximum atomic E-state index is 13.6. The zero-order valence-electron chi connectivity index (χ0n) is 20.3. The lowest BCUT2D eigenvalue weighted by atomic mass is 10.1. The van der Waals surface area contributed by atoms with E-state index in [0.29, 0.717) is 45.8 Å². The van der Waals surface area contributed by atoms with E-state index in [0.717, 1.165) is 23.0 Å². The second-order valence-corrected chi connectivity index (χ2v) is 9.76. The van der Waals surface area contributed by atoms with E-state index < -0.39 is 0 Å². The van der Waals surface area contributed by atoms with Crippen LogP contribution in [0.3, 0.4) is 0 Å². The van der Waals surface area contributed by atoms with Gasteiger partial charge in [-0.25, -0.2) is 0 Å². The minimum atomic E-state index is 0.0685. The summed E-state index contributed by atoms with van der Waals surface area (Å²) in [7, 11) is 0. The van der Waals surface area contributed by atoms with Crippen molar-refractivity contribution in [2.75, 3.05) is 32.7 Å². The highest BCUT2D eigenvalue weighted by Crippen LogP contribution is 2.25. The zero-order valence-corrected chi connectivity index (χ0v) is 20.3. The summed E-state index contributed by atoms with van der Waals surface area (Å²) in [5.74, 6) is 0.230. The molecule has 2 aliphatic heterocycles. The van der Waals surface area contributed by atoms with E-state index in [4.69, 9.17) is 0 Å². The number of hydrogen-bond donors (Lipinski definition) is 0. The molecule has 1 aromatic heterocycles. The van der Waals surface area contributed by atoms with Crippen LogP contribution < -0.4 is 0 Å². The predicted octanol–water partition coefficient (Wildman–Crippen LogP) is 3.99. The molecule has 36 heavy (non-hydrogen) atoms. The number of para-hydroxylation sites is 1. The first-order valence-electron chi connectivity index (χ1n) is 12.6. The van der Waals surface area contributed by atoms with Crippen molar-refractivity contribution in [3.8, 4) is 0 Å². The van der Waals surface area contributed by atoms with Gasteiger partial charge in [0.25, 0.3) is 5.91 Å². The van der Waals surface area contributed by atoms with Crippen molar-refractivity contribution in [3.05, 3.63) is 107 Å². The average Bonchev–Trinajstić information content (AvgIpc) is 3.52. The third-order valence-corrected chi connectivity index (χ3v) is 7.43. The van der Waals surface area contributed by atoms with Gasteiger partial charge >= 0.3 is 0 Å². The summed E-state index contributed by atoms with van der Waals surface area (Å²) < 4.78 is 2.17. The van der Waals surface area contributed by atoms with Crippen molar-refractivity contribution in [2.45, 2.75) is 19.6 Å². The minimum Gasteiger partial charge on any atom is -0.342 e. The van der Waals surface area contributed by atoms with Crippen molar-refractivity contribution in [1.82, 2.24) is 19.3 Å². The van der Waals surface area contributed by atoms with Crippen molar-refractivity contribution < 1.29 is 9.59 Å². The quantitative estimate of drug-likeness (QED) is 0.436. The van der Waals surface area contributed by atoms with E-state index >= 15 is 0 Å². The van der Waals surface area contributed by atoms with Crippen LogP contribution in [0.5, 0.6) is 0 Å². The Morgan fingerprint density at radius 3 is 2.06 bits per heavy atom. The summed E-state index contributed by atoms with van der Waals surface area (Å²) in [6, 6.07) is 26.7. The van der Waals surface area contributed by atoms with Gasteiger partial charge in [0.2, 0.25) is 5.91 Å². The number of aromatic nitrogens is 1. The summed E-state index contributed by atoms with van der Waals surface area (Å²) in [5, 5.41) is 0.990. The largest absolute Gasteiger partial charge is 0.342 e. The van der Waals surface area contributed by atoms with Crippen molar-refractivity contribution >= 4 is 22.7 Å². The van der Waals surface area contributed by atoms with Gasteiger partial charge in [-0.15, -0.1) is 0 Å². The van der Waals surface area contributed by atoms with Crippen LogP contribution in [0.1, 0.15) is 27.0 Å². The first-order valence-corrected chi connectivity index (χ1v) is 12.6. The summed E-state index contributed by atoms with van der Waals surface area (Å²) in [4.78, 5) is 32.5. The molecule has 2 aliphatic rings. The molecule has 6 nitrogen and oxygen atoms in total. The molecule has 6 rings (SSSR count). The topological polar surface area (TPSA) is 48.8 Å². The van der Waals surface area contributed by atoms with E-state index in [2.05, 4.69) is 39.8 Å². The van der Waals surface area contributed by atoms with Gasteiger partial charge in [-0.2, -0.15) is 0 Å². The summed E-state index contributed by atoms with van der Waals surface area (Å²) in [6.07, 6.45) is 2.00. The second-order valence-electron chi connectivity index (χ2n) is 9.76. The van der Waals surface area contributed by atoms with Gasteiger partial charge in [0, 0.05) is 62.9 Å². The van der Waals surface area contributed by atoms with Crippen LogP contribution in [-0.4, -0.2) is 63.8 Å². The molecule has 2 amide bonds. The Kier molecular flexibility index (Phi) is 6.03. The molecule has 0 radical (unpaired) electrons. The van der Waals surface area contributed by atoms with Crippen LogP contribution in [0.15, 0.2) is 85.1 Å². The van der Waals surface area contributed by atoms with Crippen LogP contribution in [0.25, 0.3) is 10.9 Å². The van der Waals surface area contributed by atoms with Crippen LogP contribution >= 0.6 is 0 Å². The van der Waals surface area contributed by atoms with E-state index in [9.17, 15) is 9.59 Å². The molecule has 1 saturated heterocycles. The molecule has 3 heterocycles. The van der Waals surface area contributed by atoms with Crippen LogP contribution in [0.2, 0.25) is 0 Å². The van der Waals surface area contributed by atoms with Crippen molar-refractivity contribution in [3.63, 3.8) is 0 Å². The van der Waals surface area contributed by atoms with Crippen molar-refractivity contribution in [2.24, 2.45) is 0 Å². The lowest BCUT2D eigenvalue weighted by Crippen LogP contribution is -2.51. The molecule has 0 atom stereocenters. The number of benzene rings is 3. The SMILES string of the molecule is O=C(CN1CCN(C(=O)c2cn(Cc3ccccc3)c3ccccc23)CC1)N1Cc2ccccc2C1. The molecule has 182 valence electrons. The molecule has 0 N–H and O–H groups in total. The Bertz CT molecular complexity index is 1380. The molecule has 4 aromatic rings. The number of piperazine rings is 1. The van der Waals surface area contributed by atoms with E-state index in [1.807, 2.05) is 64.5 Å². The number of fused-ring (bicyclic) bond motifs is 2. The Balaban J connectivity index is 1.10.